The number of hydrogen-bond acceptors (Lipinski definition) is 3. The van der Waals surface area contributed by atoms with Crippen LogP contribution in [0.1, 0.15) is 31.4 Å². The second kappa shape index (κ2) is 8.02. The number of ether oxygens (including phenoxy) is 2. The van der Waals surface area contributed by atoms with Gasteiger partial charge in [-0.1, -0.05) is 43.7 Å². The number of carbonyl (C=O) groups is 1. The topological polar surface area (TPSA) is 38.8 Å². The third-order valence-electron chi connectivity index (χ3n) is 3.50. The Balaban J connectivity index is 1.94. The average molecular weight is 277 g/mol. The summed E-state index contributed by atoms with van der Waals surface area (Å²) in [5.74, 6) is 0.0539. The molecule has 1 fully saturated rings. The standard InChI is InChI=1S/C16H23NO3/c1-2-3-10-19-13-16(18)17-9-11-20-12-15(17)14-7-5-4-6-8-14/h4-8,15H,2-3,9-13H2,1H3. The monoisotopic (exact) mass is 277 g/mol. The third kappa shape index (κ3) is 4.05. The Hall–Kier alpha value is -1.39. The lowest BCUT2D eigenvalue weighted by atomic mass is 10.1. The van der Waals surface area contributed by atoms with Crippen LogP contribution in [0.15, 0.2) is 30.3 Å². The van der Waals surface area contributed by atoms with E-state index < -0.39 is 0 Å². The molecule has 1 atom stereocenters. The average Bonchev–Trinajstić information content (AvgIpc) is 2.52. The second-order valence-corrected chi connectivity index (χ2v) is 4.99. The molecule has 1 aliphatic rings. The molecule has 0 aromatic heterocycles. The second-order valence-electron chi connectivity index (χ2n) is 4.99. The van der Waals surface area contributed by atoms with Crippen molar-refractivity contribution in [3.8, 4) is 0 Å². The first kappa shape index (κ1) is 15.0. The lowest BCUT2D eigenvalue weighted by molar-refractivity contribution is -0.145. The molecule has 110 valence electrons. The van der Waals surface area contributed by atoms with E-state index in [9.17, 15) is 4.79 Å². The van der Waals surface area contributed by atoms with Crippen LogP contribution < -0.4 is 0 Å². The van der Waals surface area contributed by atoms with Gasteiger partial charge in [0.05, 0.1) is 19.3 Å². The van der Waals surface area contributed by atoms with Crippen molar-refractivity contribution < 1.29 is 14.3 Å². The van der Waals surface area contributed by atoms with E-state index in [0.29, 0.717) is 26.4 Å². The molecule has 0 radical (unpaired) electrons. The van der Waals surface area contributed by atoms with Gasteiger partial charge in [-0.15, -0.1) is 0 Å². The van der Waals surface area contributed by atoms with Gasteiger partial charge in [0, 0.05) is 13.2 Å². The molecule has 1 saturated heterocycles. The maximum absolute atomic E-state index is 12.3. The number of unbranched alkanes of at least 4 members (excludes halogenated alkanes) is 1. The molecule has 0 bridgehead atoms. The largest absolute Gasteiger partial charge is 0.377 e. The number of hydrogen-bond donors (Lipinski definition) is 0. The molecule has 1 aliphatic heterocycles. The number of rotatable bonds is 6. The molecule has 1 aromatic carbocycles. The van der Waals surface area contributed by atoms with Gasteiger partial charge in [-0.05, 0) is 12.0 Å². The SMILES string of the molecule is CCCCOCC(=O)N1CCOCC1c1ccccc1. The first-order valence-electron chi connectivity index (χ1n) is 7.33. The van der Waals surface area contributed by atoms with E-state index >= 15 is 0 Å². The van der Waals surface area contributed by atoms with Crippen molar-refractivity contribution in [2.24, 2.45) is 0 Å². The summed E-state index contributed by atoms with van der Waals surface area (Å²) in [5, 5.41) is 0. The summed E-state index contributed by atoms with van der Waals surface area (Å²) in [6.07, 6.45) is 2.08. The fourth-order valence-electron chi connectivity index (χ4n) is 2.34. The summed E-state index contributed by atoms with van der Waals surface area (Å²) < 4.78 is 11.0. The normalized spacial score (nSPS) is 19.1. The van der Waals surface area contributed by atoms with E-state index in [0.717, 1.165) is 18.4 Å². The van der Waals surface area contributed by atoms with Gasteiger partial charge < -0.3 is 14.4 Å². The molecule has 1 heterocycles. The van der Waals surface area contributed by atoms with E-state index in [2.05, 4.69) is 6.92 Å². The quantitative estimate of drug-likeness (QED) is 0.750. The van der Waals surface area contributed by atoms with E-state index in [1.54, 1.807) is 0 Å². The Kier molecular flexibility index (Phi) is 6.02. The van der Waals surface area contributed by atoms with Crippen molar-refractivity contribution in [3.05, 3.63) is 35.9 Å². The van der Waals surface area contributed by atoms with Crippen molar-refractivity contribution in [2.45, 2.75) is 25.8 Å². The summed E-state index contributed by atoms with van der Waals surface area (Å²) >= 11 is 0. The Morgan fingerprint density at radius 2 is 2.20 bits per heavy atom. The summed E-state index contributed by atoms with van der Waals surface area (Å²) in [7, 11) is 0. The zero-order valence-corrected chi connectivity index (χ0v) is 12.1. The molecule has 1 unspecified atom stereocenters. The zero-order valence-electron chi connectivity index (χ0n) is 12.1. The number of morpholine rings is 1. The van der Waals surface area contributed by atoms with Crippen LogP contribution in [0.25, 0.3) is 0 Å². The van der Waals surface area contributed by atoms with Crippen LogP contribution in [0, 0.1) is 0 Å². The number of carbonyl (C=O) groups excluding carboxylic acids is 1. The van der Waals surface area contributed by atoms with Crippen LogP contribution in [-0.2, 0) is 14.3 Å². The highest BCUT2D eigenvalue weighted by molar-refractivity contribution is 5.78. The van der Waals surface area contributed by atoms with Crippen LogP contribution in [0.3, 0.4) is 0 Å². The first-order valence-corrected chi connectivity index (χ1v) is 7.33. The summed E-state index contributed by atoms with van der Waals surface area (Å²) in [4.78, 5) is 14.2. The van der Waals surface area contributed by atoms with Gasteiger partial charge in [0.15, 0.2) is 0 Å². The molecule has 0 N–H and O–H groups in total. The molecule has 0 aliphatic carbocycles. The molecule has 1 aromatic rings. The highest BCUT2D eigenvalue weighted by Crippen LogP contribution is 2.24. The minimum Gasteiger partial charge on any atom is -0.377 e. The predicted molar refractivity (Wildman–Crippen MR) is 77.4 cm³/mol. The third-order valence-corrected chi connectivity index (χ3v) is 3.50. The Labute approximate surface area is 120 Å². The predicted octanol–water partition coefficient (Wildman–Crippen LogP) is 2.40. The Morgan fingerprint density at radius 3 is 2.95 bits per heavy atom. The van der Waals surface area contributed by atoms with Gasteiger partial charge in [0.1, 0.15) is 6.61 Å². The Morgan fingerprint density at radius 1 is 1.40 bits per heavy atom. The molecule has 4 nitrogen and oxygen atoms in total. The van der Waals surface area contributed by atoms with Crippen molar-refractivity contribution in [1.82, 2.24) is 4.90 Å². The van der Waals surface area contributed by atoms with Gasteiger partial charge in [0.2, 0.25) is 5.91 Å². The molecule has 1 amide bonds. The van der Waals surface area contributed by atoms with Crippen molar-refractivity contribution >= 4 is 5.91 Å². The molecule has 4 heteroatoms. The molecular weight excluding hydrogens is 254 g/mol. The minimum atomic E-state index is 0.00669. The molecular formula is C16H23NO3. The van der Waals surface area contributed by atoms with Crippen LogP contribution >= 0.6 is 0 Å². The molecule has 20 heavy (non-hydrogen) atoms. The highest BCUT2D eigenvalue weighted by Gasteiger charge is 2.28. The summed E-state index contributed by atoms with van der Waals surface area (Å²) in [6.45, 7) is 4.73. The van der Waals surface area contributed by atoms with Crippen LogP contribution in [-0.4, -0.2) is 43.8 Å². The van der Waals surface area contributed by atoms with Crippen molar-refractivity contribution in [1.29, 1.82) is 0 Å². The summed E-state index contributed by atoms with van der Waals surface area (Å²) in [5.41, 5.74) is 1.12. The molecule has 0 saturated carbocycles. The van der Waals surface area contributed by atoms with Crippen molar-refractivity contribution in [3.63, 3.8) is 0 Å². The first-order chi connectivity index (χ1) is 9.83. The maximum Gasteiger partial charge on any atom is 0.249 e. The van der Waals surface area contributed by atoms with E-state index in [1.165, 1.54) is 0 Å². The van der Waals surface area contributed by atoms with Crippen LogP contribution in [0.5, 0.6) is 0 Å². The van der Waals surface area contributed by atoms with Gasteiger partial charge in [-0.25, -0.2) is 0 Å². The van der Waals surface area contributed by atoms with Crippen LogP contribution in [0.2, 0.25) is 0 Å². The van der Waals surface area contributed by atoms with E-state index in [1.807, 2.05) is 35.2 Å². The fraction of sp³-hybridized carbons (Fsp3) is 0.562. The smallest absolute Gasteiger partial charge is 0.249 e. The number of benzene rings is 1. The lowest BCUT2D eigenvalue weighted by Crippen LogP contribution is -2.45. The highest BCUT2D eigenvalue weighted by atomic mass is 16.5. The molecule has 0 spiro atoms. The minimum absolute atomic E-state index is 0.00669. The van der Waals surface area contributed by atoms with Gasteiger partial charge in [-0.3, -0.25) is 4.79 Å². The van der Waals surface area contributed by atoms with E-state index in [4.69, 9.17) is 9.47 Å². The fourth-order valence-corrected chi connectivity index (χ4v) is 2.34. The van der Waals surface area contributed by atoms with Gasteiger partial charge in [-0.2, -0.15) is 0 Å². The van der Waals surface area contributed by atoms with Gasteiger partial charge in [0.25, 0.3) is 0 Å². The zero-order chi connectivity index (χ0) is 14.2. The summed E-state index contributed by atoms with van der Waals surface area (Å²) in [6, 6.07) is 10.0. The van der Waals surface area contributed by atoms with Crippen LogP contribution in [0.4, 0.5) is 0 Å². The van der Waals surface area contributed by atoms with Crippen molar-refractivity contribution in [2.75, 3.05) is 33.0 Å². The Bertz CT molecular complexity index is 407. The number of amides is 1. The lowest BCUT2D eigenvalue weighted by Gasteiger charge is -2.35. The van der Waals surface area contributed by atoms with E-state index in [-0.39, 0.29) is 18.6 Å². The van der Waals surface area contributed by atoms with Gasteiger partial charge >= 0.3 is 0 Å². The maximum atomic E-state index is 12.3. The molecule has 2 rings (SSSR count). The number of nitrogens with zero attached hydrogens (tertiary/aromatic N) is 1.